The van der Waals surface area contributed by atoms with Crippen molar-refractivity contribution in [2.45, 2.75) is 13.8 Å². The number of nitrogens with one attached hydrogen (secondary N) is 1. The number of hydrogen-bond donors (Lipinski definition) is 2. The quantitative estimate of drug-likeness (QED) is 0.607. The third-order valence-corrected chi connectivity index (χ3v) is 3.17. The second-order valence-corrected chi connectivity index (χ2v) is 5.80. The number of nitrogens with two attached hydrogens (primary N) is 1. The van der Waals surface area contributed by atoms with Crippen molar-refractivity contribution in [1.29, 1.82) is 0 Å². The van der Waals surface area contributed by atoms with E-state index >= 15 is 0 Å². The van der Waals surface area contributed by atoms with Gasteiger partial charge in [-0.3, -0.25) is 0 Å². The molecule has 0 spiro atoms. The van der Waals surface area contributed by atoms with Crippen LogP contribution in [0.1, 0.15) is 12.5 Å². The van der Waals surface area contributed by atoms with Crippen LogP contribution >= 0.6 is 0 Å². The van der Waals surface area contributed by atoms with Crippen LogP contribution in [0.5, 0.6) is 0 Å². The SMILES string of the molecule is CCN(CNS(C)(=O)=O)c1ccc(N)c(C)c1. The fourth-order valence-electron chi connectivity index (χ4n) is 1.44. The van der Waals surface area contributed by atoms with Gasteiger partial charge in [-0.2, -0.15) is 4.72 Å². The Morgan fingerprint density at radius 2 is 2.06 bits per heavy atom. The molecule has 1 rings (SSSR count). The van der Waals surface area contributed by atoms with E-state index < -0.39 is 10.0 Å². The molecular formula is C11H19N3O2S. The van der Waals surface area contributed by atoms with E-state index in [1.807, 2.05) is 36.9 Å². The molecule has 1 aromatic carbocycles. The lowest BCUT2D eigenvalue weighted by atomic mass is 10.2. The average Bonchev–Trinajstić information content (AvgIpc) is 2.22. The molecule has 0 aromatic heterocycles. The van der Waals surface area contributed by atoms with Crippen molar-refractivity contribution in [3.63, 3.8) is 0 Å². The summed E-state index contributed by atoms with van der Waals surface area (Å²) in [6.45, 7) is 4.87. The molecular weight excluding hydrogens is 238 g/mol. The van der Waals surface area contributed by atoms with Crippen LogP contribution in [0.2, 0.25) is 0 Å². The third kappa shape index (κ3) is 4.24. The molecule has 0 aliphatic heterocycles. The maximum atomic E-state index is 11.0. The first-order valence-electron chi connectivity index (χ1n) is 5.39. The number of nitrogen functional groups attached to an aromatic ring is 1. The fraction of sp³-hybridized carbons (Fsp3) is 0.455. The molecule has 3 N–H and O–H groups in total. The van der Waals surface area contributed by atoms with Crippen LogP contribution in [0.3, 0.4) is 0 Å². The van der Waals surface area contributed by atoms with E-state index in [9.17, 15) is 8.42 Å². The zero-order chi connectivity index (χ0) is 13.1. The standard InChI is InChI=1S/C11H19N3O2S/c1-4-14(8-13-17(3,15)16)10-5-6-11(12)9(2)7-10/h5-7,13H,4,8,12H2,1-3H3. The average molecular weight is 257 g/mol. The highest BCUT2D eigenvalue weighted by atomic mass is 32.2. The number of benzene rings is 1. The summed E-state index contributed by atoms with van der Waals surface area (Å²) in [4.78, 5) is 1.92. The summed E-state index contributed by atoms with van der Waals surface area (Å²) in [6, 6.07) is 5.66. The fourth-order valence-corrected chi connectivity index (χ4v) is 1.83. The number of nitrogens with zero attached hydrogens (tertiary/aromatic N) is 1. The third-order valence-electron chi connectivity index (χ3n) is 2.52. The normalized spacial score (nSPS) is 11.5. The molecule has 0 amide bonds. The van der Waals surface area contributed by atoms with Crippen LogP contribution in [0.4, 0.5) is 11.4 Å². The summed E-state index contributed by atoms with van der Waals surface area (Å²) in [5, 5.41) is 0. The minimum Gasteiger partial charge on any atom is -0.399 e. The second kappa shape index (κ2) is 5.37. The minimum absolute atomic E-state index is 0.263. The Kier molecular flexibility index (Phi) is 4.36. The van der Waals surface area contributed by atoms with Crippen LogP contribution < -0.4 is 15.4 Å². The predicted molar refractivity (Wildman–Crippen MR) is 71.5 cm³/mol. The van der Waals surface area contributed by atoms with E-state index in [1.54, 1.807) is 0 Å². The Morgan fingerprint density at radius 3 is 2.53 bits per heavy atom. The largest absolute Gasteiger partial charge is 0.399 e. The molecule has 17 heavy (non-hydrogen) atoms. The van der Waals surface area contributed by atoms with Crippen LogP contribution in [-0.2, 0) is 10.0 Å². The molecule has 6 heteroatoms. The van der Waals surface area contributed by atoms with Gasteiger partial charge in [0.1, 0.15) is 0 Å². The van der Waals surface area contributed by atoms with Crippen LogP contribution in [0, 0.1) is 6.92 Å². The molecule has 0 saturated carbocycles. The lowest BCUT2D eigenvalue weighted by Crippen LogP contribution is -2.37. The molecule has 0 fully saturated rings. The van der Waals surface area contributed by atoms with Gasteiger partial charge >= 0.3 is 0 Å². The number of aryl methyl sites for hydroxylation is 1. The Labute approximate surface area is 103 Å². The number of rotatable bonds is 5. The number of sulfonamides is 1. The van der Waals surface area contributed by atoms with Crippen molar-refractivity contribution in [3.8, 4) is 0 Å². The first-order chi connectivity index (χ1) is 7.83. The van der Waals surface area contributed by atoms with E-state index in [-0.39, 0.29) is 6.67 Å². The van der Waals surface area contributed by atoms with Gasteiger partial charge in [0.2, 0.25) is 10.0 Å². The zero-order valence-electron chi connectivity index (χ0n) is 10.4. The first-order valence-corrected chi connectivity index (χ1v) is 7.28. The summed E-state index contributed by atoms with van der Waals surface area (Å²) in [5.74, 6) is 0. The van der Waals surface area contributed by atoms with Gasteiger partial charge in [-0.05, 0) is 37.6 Å². The maximum Gasteiger partial charge on any atom is 0.210 e. The summed E-state index contributed by atoms with van der Waals surface area (Å²) in [7, 11) is -3.17. The molecule has 1 aromatic rings. The van der Waals surface area contributed by atoms with Gasteiger partial charge in [0, 0.05) is 17.9 Å². The Morgan fingerprint density at radius 1 is 1.41 bits per heavy atom. The Hall–Kier alpha value is -1.27. The summed E-state index contributed by atoms with van der Waals surface area (Å²) < 4.78 is 24.6. The maximum absolute atomic E-state index is 11.0. The van der Waals surface area contributed by atoms with E-state index in [0.717, 1.165) is 23.2 Å². The highest BCUT2D eigenvalue weighted by molar-refractivity contribution is 7.88. The predicted octanol–water partition coefficient (Wildman–Crippen LogP) is 0.910. The van der Waals surface area contributed by atoms with Crippen LogP contribution in [-0.4, -0.2) is 27.9 Å². The topological polar surface area (TPSA) is 75.4 Å². The second-order valence-electron chi connectivity index (χ2n) is 3.97. The van der Waals surface area contributed by atoms with Crippen molar-refractivity contribution < 1.29 is 8.42 Å². The van der Waals surface area contributed by atoms with Crippen molar-refractivity contribution >= 4 is 21.4 Å². The summed E-state index contributed by atoms with van der Waals surface area (Å²) >= 11 is 0. The molecule has 0 aliphatic rings. The molecule has 0 unspecified atom stereocenters. The van der Waals surface area contributed by atoms with E-state index in [2.05, 4.69) is 4.72 Å². The molecule has 0 atom stereocenters. The first kappa shape index (κ1) is 13.8. The lowest BCUT2D eigenvalue weighted by Gasteiger charge is -2.23. The van der Waals surface area contributed by atoms with Gasteiger partial charge in [-0.25, -0.2) is 8.42 Å². The van der Waals surface area contributed by atoms with Crippen molar-refractivity contribution in [2.24, 2.45) is 0 Å². The van der Waals surface area contributed by atoms with Crippen molar-refractivity contribution in [2.75, 3.05) is 30.1 Å². The lowest BCUT2D eigenvalue weighted by molar-refractivity contribution is 0.586. The van der Waals surface area contributed by atoms with Gasteiger partial charge in [0.05, 0.1) is 12.9 Å². The molecule has 0 heterocycles. The van der Waals surface area contributed by atoms with E-state index in [4.69, 9.17) is 5.73 Å². The number of anilines is 2. The molecule has 0 saturated heterocycles. The van der Waals surface area contributed by atoms with Crippen molar-refractivity contribution in [1.82, 2.24) is 4.72 Å². The van der Waals surface area contributed by atoms with Gasteiger partial charge in [-0.15, -0.1) is 0 Å². The monoisotopic (exact) mass is 257 g/mol. The number of hydrogen-bond acceptors (Lipinski definition) is 4. The van der Waals surface area contributed by atoms with Gasteiger partial charge in [0.25, 0.3) is 0 Å². The molecule has 0 radical (unpaired) electrons. The highest BCUT2D eigenvalue weighted by Crippen LogP contribution is 2.19. The molecule has 96 valence electrons. The summed E-state index contributed by atoms with van der Waals surface area (Å²) in [6.07, 6.45) is 1.15. The van der Waals surface area contributed by atoms with Gasteiger partial charge < -0.3 is 10.6 Å². The van der Waals surface area contributed by atoms with Crippen molar-refractivity contribution in [3.05, 3.63) is 23.8 Å². The minimum atomic E-state index is -3.17. The Balaban J connectivity index is 2.83. The molecule has 0 aliphatic carbocycles. The van der Waals surface area contributed by atoms with E-state index in [0.29, 0.717) is 6.54 Å². The van der Waals surface area contributed by atoms with Crippen LogP contribution in [0.15, 0.2) is 18.2 Å². The smallest absolute Gasteiger partial charge is 0.210 e. The van der Waals surface area contributed by atoms with Gasteiger partial charge in [0.15, 0.2) is 0 Å². The zero-order valence-corrected chi connectivity index (χ0v) is 11.2. The molecule has 0 bridgehead atoms. The van der Waals surface area contributed by atoms with E-state index in [1.165, 1.54) is 0 Å². The summed E-state index contributed by atoms with van der Waals surface area (Å²) in [5.41, 5.74) is 8.42. The van der Waals surface area contributed by atoms with Crippen LogP contribution in [0.25, 0.3) is 0 Å². The molecule has 5 nitrogen and oxygen atoms in total. The highest BCUT2D eigenvalue weighted by Gasteiger charge is 2.08. The van der Waals surface area contributed by atoms with Gasteiger partial charge in [-0.1, -0.05) is 0 Å². The Bertz CT molecular complexity index is 485.